The molecule has 12 nitrogen and oxygen atoms in total. The number of carbonyl (C=O) groups is 2. The molecular weight excluding hydrogens is 770 g/mol. The van der Waals surface area contributed by atoms with Gasteiger partial charge in [0.05, 0.1) is 23.4 Å². The van der Waals surface area contributed by atoms with Crippen LogP contribution >= 0.6 is 0 Å². The number of aliphatic carboxylic acids is 1. The lowest BCUT2D eigenvalue weighted by atomic mass is 9.96. The number of halogens is 1. The van der Waals surface area contributed by atoms with Gasteiger partial charge in [-0.25, -0.2) is 23.6 Å². The van der Waals surface area contributed by atoms with Crippen molar-refractivity contribution >= 4 is 31.0 Å². The number of carboxylic acids is 1. The minimum Gasteiger partial charge on any atom is -0.486 e. The number of ether oxygens (including phenoxy) is 4. The molecule has 5 aromatic rings. The highest BCUT2D eigenvalue weighted by molar-refractivity contribution is 6.76. The lowest BCUT2D eigenvalue weighted by Crippen LogP contribution is -2.50. The summed E-state index contributed by atoms with van der Waals surface area (Å²) in [4.78, 5) is 32.5. The number of aromatic nitrogens is 4. The minimum absolute atomic E-state index is 0.0102. The summed E-state index contributed by atoms with van der Waals surface area (Å²) in [7, 11) is -1.42. The molecule has 2 aromatic heterocycles. The summed E-state index contributed by atoms with van der Waals surface area (Å²) in [5, 5.41) is 16.3. The third-order valence-corrected chi connectivity index (χ3v) is 12.5. The van der Waals surface area contributed by atoms with Crippen molar-refractivity contribution in [2.45, 2.75) is 123 Å². The fraction of sp³-hybridized carbons (Fsp3) is 0.467. The van der Waals surface area contributed by atoms with Crippen LogP contribution in [0.15, 0.2) is 60.7 Å². The first kappa shape index (κ1) is 42.1. The summed E-state index contributed by atoms with van der Waals surface area (Å²) in [6.45, 7) is 15.7. The van der Waals surface area contributed by atoms with Crippen LogP contribution in [0.25, 0.3) is 33.5 Å². The fourth-order valence-corrected chi connectivity index (χ4v) is 8.39. The number of hydrogen-bond donors (Lipinski definition) is 1. The minimum atomic E-state index is -1.42. The van der Waals surface area contributed by atoms with Crippen molar-refractivity contribution in [3.63, 3.8) is 0 Å². The van der Waals surface area contributed by atoms with Crippen LogP contribution in [-0.4, -0.2) is 74.3 Å². The van der Waals surface area contributed by atoms with Gasteiger partial charge < -0.3 is 28.6 Å². The van der Waals surface area contributed by atoms with Crippen LogP contribution in [-0.2, 0) is 51.7 Å². The summed E-state index contributed by atoms with van der Waals surface area (Å²) in [6, 6.07) is 18.8. The predicted octanol–water partition coefficient (Wildman–Crippen LogP) is 9.61. The number of carboxylic acid groups (broad SMARTS) is 1. The Morgan fingerprint density at radius 3 is 2.51 bits per heavy atom. The third-order valence-electron chi connectivity index (χ3n) is 10.8. The van der Waals surface area contributed by atoms with E-state index in [9.17, 15) is 14.7 Å². The van der Waals surface area contributed by atoms with Crippen molar-refractivity contribution in [1.29, 1.82) is 0 Å². The molecule has 0 radical (unpaired) electrons. The summed E-state index contributed by atoms with van der Waals surface area (Å²) >= 11 is 0. The van der Waals surface area contributed by atoms with Gasteiger partial charge in [0.25, 0.3) is 0 Å². The second-order valence-electron chi connectivity index (χ2n) is 17.7. The molecule has 0 spiro atoms. The highest BCUT2D eigenvalue weighted by atomic mass is 28.3. The first-order valence-electron chi connectivity index (χ1n) is 20.6. The number of aryl methyl sites for hydroxylation is 1. The van der Waals surface area contributed by atoms with Crippen molar-refractivity contribution in [3.05, 3.63) is 89.0 Å². The van der Waals surface area contributed by atoms with Crippen molar-refractivity contribution in [3.8, 4) is 28.4 Å². The standard InChI is InChI=1S/C45H56FN5O7Si/c1-8-30-23-39(57-27-29-14-10-9-11-15-29)34(46)24-33(30)31-17-18-32-36(22-31)51(40-16-12-13-19-56-40)48-41(32)42-47-35-25-37(43(52)53)49(44(54)58-45(2,3)4)26-38(35)50(42)28-55-20-21-59(5,6)7/h9-11,14-15,17-18,22-24,37,40H,8,12-13,16,19-21,25-28H2,1-7H3,(H,52,53)/t37-,40?/m0/s1. The van der Waals surface area contributed by atoms with Gasteiger partial charge in [0, 0.05) is 33.1 Å². The molecule has 2 atom stereocenters. The normalized spacial score (nSPS) is 17.3. The van der Waals surface area contributed by atoms with E-state index in [1.54, 1.807) is 32.9 Å². The molecule has 59 heavy (non-hydrogen) atoms. The van der Waals surface area contributed by atoms with E-state index in [-0.39, 0.29) is 38.3 Å². The van der Waals surface area contributed by atoms with Gasteiger partial charge >= 0.3 is 12.1 Å². The van der Waals surface area contributed by atoms with Crippen LogP contribution in [0.5, 0.6) is 5.75 Å². The Morgan fingerprint density at radius 1 is 1.05 bits per heavy atom. The summed E-state index contributed by atoms with van der Waals surface area (Å²) in [5.74, 6) is -0.873. The predicted molar refractivity (Wildman–Crippen MR) is 226 cm³/mol. The van der Waals surface area contributed by atoms with Gasteiger partial charge in [0.1, 0.15) is 30.7 Å². The lowest BCUT2D eigenvalue weighted by Gasteiger charge is -2.34. The molecule has 1 amide bonds. The quantitative estimate of drug-likeness (QED) is 0.0911. The van der Waals surface area contributed by atoms with E-state index in [0.717, 1.165) is 58.5 Å². The Labute approximate surface area is 346 Å². The molecule has 3 aromatic carbocycles. The van der Waals surface area contributed by atoms with E-state index in [2.05, 4.69) is 19.6 Å². The zero-order valence-electron chi connectivity index (χ0n) is 35.2. The molecule has 14 heteroatoms. The molecule has 314 valence electrons. The molecule has 0 saturated carbocycles. The number of rotatable bonds is 13. The Balaban J connectivity index is 1.32. The first-order chi connectivity index (χ1) is 28.1. The van der Waals surface area contributed by atoms with Crippen LogP contribution in [0.3, 0.4) is 0 Å². The maximum atomic E-state index is 15.8. The molecule has 0 bridgehead atoms. The Kier molecular flexibility index (Phi) is 12.3. The van der Waals surface area contributed by atoms with Crippen LogP contribution in [0.4, 0.5) is 9.18 Å². The summed E-state index contributed by atoms with van der Waals surface area (Å²) < 4.78 is 43.9. The van der Waals surface area contributed by atoms with E-state index in [4.69, 9.17) is 29.0 Å². The third kappa shape index (κ3) is 9.55. The monoisotopic (exact) mass is 825 g/mol. The average Bonchev–Trinajstić information content (AvgIpc) is 3.75. The van der Waals surface area contributed by atoms with Crippen molar-refractivity contribution < 1.29 is 38.0 Å². The first-order valence-corrected chi connectivity index (χ1v) is 24.3. The Bertz CT molecular complexity index is 2310. The number of benzene rings is 3. The van der Waals surface area contributed by atoms with Gasteiger partial charge in [-0.15, -0.1) is 0 Å². The Hall–Kier alpha value is -5.05. The fourth-order valence-electron chi connectivity index (χ4n) is 7.64. The number of hydrogen-bond acceptors (Lipinski definition) is 8. The van der Waals surface area contributed by atoms with Crippen molar-refractivity contribution in [1.82, 2.24) is 24.2 Å². The maximum Gasteiger partial charge on any atom is 0.411 e. The summed E-state index contributed by atoms with van der Waals surface area (Å²) in [6.07, 6.45) is 2.29. The molecule has 4 heterocycles. The number of amides is 1. The second kappa shape index (κ2) is 17.3. The zero-order valence-corrected chi connectivity index (χ0v) is 36.2. The molecule has 1 N–H and O–H groups in total. The van der Waals surface area contributed by atoms with Crippen LogP contribution in [0.1, 0.15) is 75.7 Å². The maximum absolute atomic E-state index is 15.8. The van der Waals surface area contributed by atoms with E-state index < -0.39 is 37.6 Å². The second-order valence-corrected chi connectivity index (χ2v) is 23.3. The van der Waals surface area contributed by atoms with Crippen molar-refractivity contribution in [2.24, 2.45) is 0 Å². The largest absolute Gasteiger partial charge is 0.486 e. The van der Waals surface area contributed by atoms with E-state index in [1.165, 1.54) is 4.90 Å². The molecule has 1 fully saturated rings. The SMILES string of the molecule is CCc1cc(OCc2ccccc2)c(F)cc1-c1ccc2c(-c3nc4c(n3COCC[Si](C)(C)C)CN(C(=O)OC(C)(C)C)[C@H](C(=O)O)C4)nn(C3CCCCO3)c2c1. The van der Waals surface area contributed by atoms with E-state index >= 15 is 4.39 Å². The van der Waals surface area contributed by atoms with Crippen molar-refractivity contribution in [2.75, 3.05) is 13.2 Å². The summed E-state index contributed by atoms with van der Waals surface area (Å²) in [5.41, 5.74) is 5.25. The highest BCUT2D eigenvalue weighted by Gasteiger charge is 2.40. The molecular formula is C45H56FN5O7Si. The number of nitrogens with zero attached hydrogens (tertiary/aromatic N) is 5. The van der Waals surface area contributed by atoms with Crippen LogP contribution < -0.4 is 4.74 Å². The van der Waals surface area contributed by atoms with E-state index in [1.807, 2.05) is 64.7 Å². The molecule has 1 saturated heterocycles. The number of fused-ring (bicyclic) bond motifs is 2. The van der Waals surface area contributed by atoms with Gasteiger partial charge in [0.2, 0.25) is 0 Å². The van der Waals surface area contributed by atoms with Gasteiger partial charge in [-0.3, -0.25) is 4.90 Å². The highest BCUT2D eigenvalue weighted by Crippen LogP contribution is 2.39. The molecule has 7 rings (SSSR count). The molecule has 0 aliphatic carbocycles. The lowest BCUT2D eigenvalue weighted by molar-refractivity contribution is -0.143. The smallest absolute Gasteiger partial charge is 0.411 e. The van der Waals surface area contributed by atoms with Gasteiger partial charge in [-0.2, -0.15) is 5.10 Å². The topological polar surface area (TPSA) is 130 Å². The number of carbonyl (C=O) groups excluding carboxylic acids is 1. The van der Waals surface area contributed by atoms with Gasteiger partial charge in [-0.1, -0.05) is 63.0 Å². The zero-order chi connectivity index (χ0) is 42.1. The molecule has 2 aliphatic rings. The van der Waals surface area contributed by atoms with E-state index in [0.29, 0.717) is 42.5 Å². The van der Waals surface area contributed by atoms with Gasteiger partial charge in [0.15, 0.2) is 23.6 Å². The van der Waals surface area contributed by atoms with Crippen LogP contribution in [0, 0.1) is 5.82 Å². The number of imidazole rings is 1. The van der Waals surface area contributed by atoms with Gasteiger partial charge in [-0.05, 0) is 99.0 Å². The molecule has 2 aliphatic heterocycles. The average molecular weight is 826 g/mol. The molecule has 1 unspecified atom stereocenters. The Morgan fingerprint density at radius 2 is 1.83 bits per heavy atom. The van der Waals surface area contributed by atoms with Crippen LogP contribution in [0.2, 0.25) is 25.7 Å².